The number of para-hydroxylation sites is 1. The minimum Gasteiger partial charge on any atom is -0.378 e. The Morgan fingerprint density at radius 2 is 1.90 bits per heavy atom. The molecule has 2 fully saturated rings. The molecule has 5 rings (SSSR count). The second-order valence-corrected chi connectivity index (χ2v) is 8.91. The zero-order valence-corrected chi connectivity index (χ0v) is 17.7. The minimum atomic E-state index is 0.0298. The molecule has 1 amide bonds. The molecule has 0 bridgehead atoms. The van der Waals surface area contributed by atoms with E-state index in [1.807, 2.05) is 18.2 Å². The van der Waals surface area contributed by atoms with Crippen molar-refractivity contribution in [2.24, 2.45) is 0 Å². The Morgan fingerprint density at radius 1 is 1.10 bits per heavy atom. The summed E-state index contributed by atoms with van der Waals surface area (Å²) in [6.07, 6.45) is 2.16. The first-order chi connectivity index (χ1) is 14.8. The van der Waals surface area contributed by atoms with Gasteiger partial charge in [0.2, 0.25) is 5.91 Å². The van der Waals surface area contributed by atoms with Gasteiger partial charge in [-0.2, -0.15) is 0 Å². The summed E-state index contributed by atoms with van der Waals surface area (Å²) in [5, 5.41) is 4.18. The zero-order chi connectivity index (χ0) is 20.3. The second kappa shape index (κ2) is 8.71. The number of amides is 1. The summed E-state index contributed by atoms with van der Waals surface area (Å²) in [6, 6.07) is 16.6. The summed E-state index contributed by atoms with van der Waals surface area (Å²) in [5.74, 6) is 0.0298. The number of rotatable bonds is 5. The van der Waals surface area contributed by atoms with Crippen molar-refractivity contribution in [1.82, 2.24) is 9.88 Å². The summed E-state index contributed by atoms with van der Waals surface area (Å²) in [5.41, 5.74) is 3.06. The fourth-order valence-electron chi connectivity index (χ4n) is 4.29. The van der Waals surface area contributed by atoms with Gasteiger partial charge in [-0.05, 0) is 55.8 Å². The fourth-order valence-corrected chi connectivity index (χ4v) is 5.43. The molecule has 156 valence electrons. The number of carbonyl (C=O) groups is 1. The molecule has 1 aromatic heterocycles. The topological polar surface area (TPSA) is 57.7 Å². The van der Waals surface area contributed by atoms with Crippen molar-refractivity contribution < 1.29 is 9.53 Å². The van der Waals surface area contributed by atoms with Crippen molar-refractivity contribution in [1.29, 1.82) is 0 Å². The number of fused-ring (bicyclic) bond motifs is 1. The monoisotopic (exact) mass is 422 g/mol. The Morgan fingerprint density at radius 3 is 2.70 bits per heavy atom. The highest BCUT2D eigenvalue weighted by molar-refractivity contribution is 7.18. The van der Waals surface area contributed by atoms with E-state index in [2.05, 4.69) is 45.4 Å². The molecule has 3 aromatic rings. The van der Waals surface area contributed by atoms with Crippen LogP contribution in [0.15, 0.2) is 48.5 Å². The number of carbonyl (C=O) groups excluding carboxylic acids is 1. The van der Waals surface area contributed by atoms with E-state index < -0.39 is 0 Å². The molecule has 7 heteroatoms. The molecule has 2 aliphatic heterocycles. The maximum absolute atomic E-state index is 12.7. The summed E-state index contributed by atoms with van der Waals surface area (Å²) < 4.78 is 6.62. The number of ether oxygens (including phenoxy) is 1. The Hall–Kier alpha value is -2.48. The molecule has 1 N–H and O–H groups in total. The van der Waals surface area contributed by atoms with E-state index in [9.17, 15) is 4.79 Å². The van der Waals surface area contributed by atoms with Crippen molar-refractivity contribution in [3.8, 4) is 0 Å². The Bertz CT molecular complexity index is 980. The Labute approximate surface area is 180 Å². The zero-order valence-electron chi connectivity index (χ0n) is 16.9. The molecule has 30 heavy (non-hydrogen) atoms. The molecule has 2 aromatic carbocycles. The van der Waals surface area contributed by atoms with Gasteiger partial charge in [0, 0.05) is 24.5 Å². The summed E-state index contributed by atoms with van der Waals surface area (Å²) in [6.45, 7) is 4.69. The number of nitrogens with zero attached hydrogens (tertiary/aromatic N) is 3. The summed E-state index contributed by atoms with van der Waals surface area (Å²) in [7, 11) is 0. The number of nitrogens with one attached hydrogen (secondary N) is 1. The van der Waals surface area contributed by atoms with Crippen molar-refractivity contribution in [3.05, 3.63) is 53.5 Å². The van der Waals surface area contributed by atoms with Crippen LogP contribution in [0.2, 0.25) is 0 Å². The molecule has 0 unspecified atom stereocenters. The molecule has 0 radical (unpaired) electrons. The molecule has 1 atom stereocenters. The number of aromatic nitrogens is 1. The van der Waals surface area contributed by atoms with Gasteiger partial charge in [-0.1, -0.05) is 12.1 Å². The van der Waals surface area contributed by atoms with Gasteiger partial charge in [0.25, 0.3) is 0 Å². The third-order valence-corrected chi connectivity index (χ3v) is 6.97. The molecule has 0 saturated carbocycles. The average Bonchev–Trinajstić information content (AvgIpc) is 3.41. The molecule has 0 spiro atoms. The first kappa shape index (κ1) is 19.5. The molecular formula is C23H26N4O2S. The van der Waals surface area contributed by atoms with Crippen LogP contribution < -0.4 is 10.2 Å². The van der Waals surface area contributed by atoms with Crippen LogP contribution in [0.25, 0.3) is 10.2 Å². The van der Waals surface area contributed by atoms with E-state index in [0.717, 1.165) is 61.9 Å². The maximum atomic E-state index is 12.7. The quantitative estimate of drug-likeness (QED) is 0.676. The fraction of sp³-hybridized carbons (Fsp3) is 0.391. The van der Waals surface area contributed by atoms with Crippen LogP contribution >= 0.6 is 11.3 Å². The van der Waals surface area contributed by atoms with Crippen LogP contribution in [0.3, 0.4) is 0 Å². The lowest BCUT2D eigenvalue weighted by atomic mass is 10.2. The highest BCUT2D eigenvalue weighted by Gasteiger charge is 2.30. The van der Waals surface area contributed by atoms with Gasteiger partial charge in [-0.15, -0.1) is 11.3 Å². The van der Waals surface area contributed by atoms with E-state index in [1.165, 1.54) is 10.4 Å². The van der Waals surface area contributed by atoms with Crippen LogP contribution in [0.4, 0.5) is 11.4 Å². The third kappa shape index (κ3) is 4.19. The molecule has 0 aliphatic carbocycles. The van der Waals surface area contributed by atoms with Crippen LogP contribution in [-0.4, -0.2) is 55.2 Å². The summed E-state index contributed by atoms with van der Waals surface area (Å²) >= 11 is 1.75. The predicted octanol–water partition coefficient (Wildman–Crippen LogP) is 3.91. The van der Waals surface area contributed by atoms with Crippen molar-refractivity contribution in [2.45, 2.75) is 18.9 Å². The number of morpholine rings is 1. The van der Waals surface area contributed by atoms with Crippen LogP contribution in [0.5, 0.6) is 0 Å². The number of hydrogen-bond donors (Lipinski definition) is 1. The van der Waals surface area contributed by atoms with Crippen LogP contribution in [-0.2, 0) is 9.53 Å². The van der Waals surface area contributed by atoms with Crippen molar-refractivity contribution >= 4 is 38.8 Å². The third-order valence-electron chi connectivity index (χ3n) is 5.83. The van der Waals surface area contributed by atoms with E-state index in [-0.39, 0.29) is 11.9 Å². The predicted molar refractivity (Wildman–Crippen MR) is 121 cm³/mol. The van der Waals surface area contributed by atoms with E-state index in [4.69, 9.17) is 9.72 Å². The largest absolute Gasteiger partial charge is 0.378 e. The van der Waals surface area contributed by atoms with Gasteiger partial charge in [-0.25, -0.2) is 4.98 Å². The molecule has 2 aliphatic rings. The minimum absolute atomic E-state index is 0.0298. The standard InChI is InChI=1S/C23H26N4O2S/c28-22(24-17-7-9-18(10-8-17)26-12-14-29-15-13-26)16-27-11-3-5-20(27)23-25-19-4-1-2-6-21(19)30-23/h1-2,4,6-10,20H,3,5,11-16H2,(H,24,28)/t20-/m0/s1. The van der Waals surface area contributed by atoms with E-state index >= 15 is 0 Å². The number of likely N-dealkylation sites (tertiary alicyclic amines) is 1. The normalized spacial score (nSPS) is 20.0. The lowest BCUT2D eigenvalue weighted by Crippen LogP contribution is -2.36. The molecule has 2 saturated heterocycles. The van der Waals surface area contributed by atoms with E-state index in [0.29, 0.717) is 6.54 Å². The van der Waals surface area contributed by atoms with Gasteiger partial charge in [0.15, 0.2) is 0 Å². The number of benzene rings is 2. The molecule has 3 heterocycles. The number of anilines is 2. The SMILES string of the molecule is O=C(CN1CCC[C@H]1c1nc2ccccc2s1)Nc1ccc(N2CCOCC2)cc1. The first-order valence-corrected chi connectivity index (χ1v) is 11.4. The highest BCUT2D eigenvalue weighted by atomic mass is 32.1. The summed E-state index contributed by atoms with van der Waals surface area (Å²) in [4.78, 5) is 22.1. The van der Waals surface area contributed by atoms with E-state index in [1.54, 1.807) is 11.3 Å². The smallest absolute Gasteiger partial charge is 0.238 e. The van der Waals surface area contributed by atoms with Gasteiger partial charge >= 0.3 is 0 Å². The lowest BCUT2D eigenvalue weighted by Gasteiger charge is -2.29. The Kier molecular flexibility index (Phi) is 5.66. The number of hydrogen-bond acceptors (Lipinski definition) is 6. The average molecular weight is 423 g/mol. The van der Waals surface area contributed by atoms with Crippen LogP contribution in [0.1, 0.15) is 23.9 Å². The highest BCUT2D eigenvalue weighted by Crippen LogP contribution is 2.36. The van der Waals surface area contributed by atoms with Gasteiger partial charge in [-0.3, -0.25) is 9.69 Å². The van der Waals surface area contributed by atoms with Gasteiger partial charge in [0.05, 0.1) is 36.0 Å². The second-order valence-electron chi connectivity index (χ2n) is 7.84. The molecular weight excluding hydrogens is 396 g/mol. The van der Waals surface area contributed by atoms with Crippen molar-refractivity contribution in [2.75, 3.05) is 49.6 Å². The first-order valence-electron chi connectivity index (χ1n) is 10.6. The lowest BCUT2D eigenvalue weighted by molar-refractivity contribution is -0.117. The maximum Gasteiger partial charge on any atom is 0.238 e. The van der Waals surface area contributed by atoms with Gasteiger partial charge < -0.3 is 15.0 Å². The number of thiazole rings is 1. The van der Waals surface area contributed by atoms with Gasteiger partial charge in [0.1, 0.15) is 5.01 Å². The molecule has 6 nitrogen and oxygen atoms in total. The Balaban J connectivity index is 1.21. The van der Waals surface area contributed by atoms with Crippen LogP contribution in [0, 0.1) is 0 Å². The van der Waals surface area contributed by atoms with Crippen molar-refractivity contribution in [3.63, 3.8) is 0 Å².